The van der Waals surface area contributed by atoms with E-state index in [0.717, 1.165) is 12.1 Å². The number of nitrogens with zero attached hydrogens (tertiary/aromatic N) is 1. The van der Waals surface area contributed by atoms with Gasteiger partial charge in [0.1, 0.15) is 11.9 Å². The molecule has 0 amide bonds. The minimum Gasteiger partial charge on any atom is -0.406 e. The molecule has 0 radical (unpaired) electrons. The summed E-state index contributed by atoms with van der Waals surface area (Å²) in [4.78, 5) is 0. The Kier molecular flexibility index (Phi) is 4.56. The van der Waals surface area contributed by atoms with E-state index in [0.29, 0.717) is 0 Å². The molecule has 4 nitrogen and oxygen atoms in total. The van der Waals surface area contributed by atoms with Gasteiger partial charge >= 0.3 is 6.36 Å². The largest absolute Gasteiger partial charge is 0.573 e. The SMILES string of the molecule is N#CC(O)C(O)c1cc(Br)cc(OC(F)(F)F)c1. The van der Waals surface area contributed by atoms with Crippen LogP contribution < -0.4 is 4.74 Å². The number of halogens is 4. The average Bonchev–Trinajstić information content (AvgIpc) is 2.23. The van der Waals surface area contributed by atoms with E-state index in [9.17, 15) is 18.3 Å². The van der Waals surface area contributed by atoms with E-state index in [2.05, 4.69) is 20.7 Å². The van der Waals surface area contributed by atoms with Gasteiger partial charge in [-0.05, 0) is 23.8 Å². The molecule has 1 aromatic carbocycles. The maximum Gasteiger partial charge on any atom is 0.573 e. The van der Waals surface area contributed by atoms with Crippen molar-refractivity contribution in [2.45, 2.75) is 18.6 Å². The third kappa shape index (κ3) is 4.18. The second-order valence-electron chi connectivity index (χ2n) is 3.29. The van der Waals surface area contributed by atoms with Crippen molar-refractivity contribution >= 4 is 15.9 Å². The molecule has 18 heavy (non-hydrogen) atoms. The summed E-state index contributed by atoms with van der Waals surface area (Å²) in [5.74, 6) is -0.559. The molecule has 2 atom stereocenters. The molecule has 0 spiro atoms. The number of hydrogen-bond acceptors (Lipinski definition) is 4. The second kappa shape index (κ2) is 5.56. The maximum absolute atomic E-state index is 12.0. The van der Waals surface area contributed by atoms with Crippen LogP contribution in [0.25, 0.3) is 0 Å². The lowest BCUT2D eigenvalue weighted by Gasteiger charge is -2.15. The van der Waals surface area contributed by atoms with Gasteiger partial charge in [-0.1, -0.05) is 15.9 Å². The van der Waals surface area contributed by atoms with Crippen molar-refractivity contribution in [2.75, 3.05) is 0 Å². The standard InChI is InChI=1S/C10H7BrF3NO3/c11-6-1-5(9(17)8(16)4-15)2-7(3-6)18-10(12,13)14/h1-3,8-9,16-17H. The first kappa shape index (κ1) is 14.8. The minimum atomic E-state index is -4.86. The lowest BCUT2D eigenvalue weighted by Crippen LogP contribution is -2.18. The lowest BCUT2D eigenvalue weighted by molar-refractivity contribution is -0.274. The second-order valence-corrected chi connectivity index (χ2v) is 4.20. The molecule has 0 aliphatic rings. The van der Waals surface area contributed by atoms with E-state index < -0.39 is 24.3 Å². The summed E-state index contributed by atoms with van der Waals surface area (Å²) < 4.78 is 40.0. The fourth-order valence-corrected chi connectivity index (χ4v) is 1.69. The molecule has 1 rings (SSSR count). The molecular weight excluding hydrogens is 319 g/mol. The third-order valence-corrected chi connectivity index (χ3v) is 2.36. The number of aliphatic hydroxyl groups excluding tert-OH is 2. The molecule has 0 saturated heterocycles. The van der Waals surface area contributed by atoms with Crippen molar-refractivity contribution in [1.82, 2.24) is 0 Å². The lowest BCUT2D eigenvalue weighted by atomic mass is 10.1. The van der Waals surface area contributed by atoms with Crippen LogP contribution in [0.4, 0.5) is 13.2 Å². The van der Waals surface area contributed by atoms with Crippen LogP contribution in [-0.2, 0) is 0 Å². The fraction of sp³-hybridized carbons (Fsp3) is 0.300. The van der Waals surface area contributed by atoms with Crippen molar-refractivity contribution in [3.8, 4) is 11.8 Å². The highest BCUT2D eigenvalue weighted by atomic mass is 79.9. The first-order chi connectivity index (χ1) is 8.23. The number of nitriles is 1. The van der Waals surface area contributed by atoms with Gasteiger partial charge in [-0.2, -0.15) is 5.26 Å². The van der Waals surface area contributed by atoms with Crippen LogP contribution in [0.1, 0.15) is 11.7 Å². The average molecular weight is 326 g/mol. The van der Waals surface area contributed by atoms with E-state index >= 15 is 0 Å². The van der Waals surface area contributed by atoms with Gasteiger partial charge in [0.25, 0.3) is 0 Å². The molecule has 2 N–H and O–H groups in total. The Morgan fingerprint density at radius 3 is 2.39 bits per heavy atom. The first-order valence-corrected chi connectivity index (χ1v) is 5.34. The van der Waals surface area contributed by atoms with Gasteiger partial charge in [0.15, 0.2) is 6.10 Å². The van der Waals surface area contributed by atoms with Crippen LogP contribution in [0.15, 0.2) is 22.7 Å². The number of aliphatic hydroxyl groups is 2. The highest BCUT2D eigenvalue weighted by Crippen LogP contribution is 2.30. The number of benzene rings is 1. The number of alkyl halides is 3. The molecule has 0 saturated carbocycles. The topological polar surface area (TPSA) is 73.5 Å². The van der Waals surface area contributed by atoms with E-state index in [4.69, 9.17) is 10.4 Å². The Labute approximate surface area is 108 Å². The summed E-state index contributed by atoms with van der Waals surface area (Å²) in [6, 6.07) is 4.59. The normalized spacial score (nSPS) is 14.7. The summed E-state index contributed by atoms with van der Waals surface area (Å²) in [6.07, 6.45) is -8.22. The summed E-state index contributed by atoms with van der Waals surface area (Å²) in [5, 5.41) is 27.0. The van der Waals surface area contributed by atoms with E-state index in [-0.39, 0.29) is 10.0 Å². The van der Waals surface area contributed by atoms with E-state index in [1.807, 2.05) is 0 Å². The maximum atomic E-state index is 12.0. The Balaban J connectivity index is 3.05. The van der Waals surface area contributed by atoms with Crippen LogP contribution >= 0.6 is 15.9 Å². The smallest absolute Gasteiger partial charge is 0.406 e. The molecule has 0 aromatic heterocycles. The summed E-state index contributed by atoms with van der Waals surface area (Å²) in [6.45, 7) is 0. The first-order valence-electron chi connectivity index (χ1n) is 4.55. The Bertz CT molecular complexity index is 472. The summed E-state index contributed by atoms with van der Waals surface area (Å²) in [7, 11) is 0. The highest BCUT2D eigenvalue weighted by molar-refractivity contribution is 9.10. The predicted molar refractivity (Wildman–Crippen MR) is 57.4 cm³/mol. The number of ether oxygens (including phenoxy) is 1. The van der Waals surface area contributed by atoms with Gasteiger partial charge in [-0.15, -0.1) is 13.2 Å². The Morgan fingerprint density at radius 2 is 1.89 bits per heavy atom. The highest BCUT2D eigenvalue weighted by Gasteiger charge is 2.31. The molecule has 0 bridgehead atoms. The van der Waals surface area contributed by atoms with Crippen molar-refractivity contribution in [3.05, 3.63) is 28.2 Å². The molecule has 0 aliphatic heterocycles. The van der Waals surface area contributed by atoms with Gasteiger partial charge in [-0.25, -0.2) is 0 Å². The van der Waals surface area contributed by atoms with Crippen LogP contribution in [0, 0.1) is 11.3 Å². The molecule has 8 heteroatoms. The van der Waals surface area contributed by atoms with Crippen molar-refractivity contribution in [2.24, 2.45) is 0 Å². The van der Waals surface area contributed by atoms with Gasteiger partial charge in [0.2, 0.25) is 0 Å². The zero-order chi connectivity index (χ0) is 13.9. The van der Waals surface area contributed by atoms with E-state index in [1.54, 1.807) is 0 Å². The molecule has 2 unspecified atom stereocenters. The minimum absolute atomic E-state index is 0.0716. The van der Waals surface area contributed by atoms with Crippen molar-refractivity contribution in [3.63, 3.8) is 0 Å². The van der Waals surface area contributed by atoms with Crippen molar-refractivity contribution < 1.29 is 28.1 Å². The molecule has 0 fully saturated rings. The van der Waals surface area contributed by atoms with Crippen molar-refractivity contribution in [1.29, 1.82) is 5.26 Å². The molecule has 98 valence electrons. The molecule has 0 aliphatic carbocycles. The zero-order valence-corrected chi connectivity index (χ0v) is 10.2. The molecule has 1 aromatic rings. The van der Waals surface area contributed by atoms with Crippen LogP contribution in [0.2, 0.25) is 0 Å². The quantitative estimate of drug-likeness (QED) is 0.836. The number of hydrogen-bond donors (Lipinski definition) is 2. The van der Waals surface area contributed by atoms with Gasteiger partial charge < -0.3 is 14.9 Å². The van der Waals surface area contributed by atoms with E-state index in [1.165, 1.54) is 12.1 Å². The summed E-state index contributed by atoms with van der Waals surface area (Å²) >= 11 is 2.94. The van der Waals surface area contributed by atoms with Gasteiger partial charge in [0, 0.05) is 4.47 Å². The monoisotopic (exact) mass is 325 g/mol. The summed E-state index contributed by atoms with van der Waals surface area (Å²) in [5.41, 5.74) is -0.0716. The Morgan fingerprint density at radius 1 is 1.28 bits per heavy atom. The van der Waals surface area contributed by atoms with Crippen LogP contribution in [-0.4, -0.2) is 22.7 Å². The van der Waals surface area contributed by atoms with Crippen LogP contribution in [0.5, 0.6) is 5.75 Å². The van der Waals surface area contributed by atoms with Gasteiger partial charge in [-0.3, -0.25) is 0 Å². The van der Waals surface area contributed by atoms with Crippen LogP contribution in [0.3, 0.4) is 0 Å². The molecule has 0 heterocycles. The number of rotatable bonds is 3. The Hall–Kier alpha value is -1.30. The zero-order valence-electron chi connectivity index (χ0n) is 8.65. The third-order valence-electron chi connectivity index (χ3n) is 1.90. The molecular formula is C10H7BrF3NO3. The predicted octanol–water partition coefficient (Wildman–Crippen LogP) is 2.27. The fourth-order valence-electron chi connectivity index (χ4n) is 1.20. The van der Waals surface area contributed by atoms with Gasteiger partial charge in [0.05, 0.1) is 6.07 Å².